The van der Waals surface area contributed by atoms with Crippen LogP contribution in [0.4, 0.5) is 0 Å². The predicted octanol–water partition coefficient (Wildman–Crippen LogP) is 3.16. The van der Waals surface area contributed by atoms with Crippen LogP contribution in [0.25, 0.3) is 0 Å². The molecule has 0 aromatic heterocycles. The summed E-state index contributed by atoms with van der Waals surface area (Å²) in [5.41, 5.74) is 8.34. The highest BCUT2D eigenvalue weighted by atomic mass is 35.5. The molecule has 1 heterocycles. The van der Waals surface area contributed by atoms with Crippen molar-refractivity contribution < 1.29 is 4.79 Å². The monoisotopic (exact) mass is 328 g/mol. The third kappa shape index (κ3) is 4.90. The van der Waals surface area contributed by atoms with Crippen molar-refractivity contribution >= 4 is 30.1 Å². The molecule has 1 aliphatic rings. The fourth-order valence-corrected chi connectivity index (χ4v) is 3.55. The summed E-state index contributed by atoms with van der Waals surface area (Å²) < 4.78 is 0. The molecule has 0 saturated carbocycles. The fourth-order valence-electron chi connectivity index (χ4n) is 2.61. The molecule has 0 radical (unpaired) electrons. The van der Waals surface area contributed by atoms with Crippen LogP contribution < -0.4 is 5.73 Å². The first kappa shape index (κ1) is 18.3. The molecule has 2 N–H and O–H groups in total. The van der Waals surface area contributed by atoms with Gasteiger partial charge in [-0.25, -0.2) is 0 Å². The lowest BCUT2D eigenvalue weighted by Crippen LogP contribution is -2.40. The summed E-state index contributed by atoms with van der Waals surface area (Å²) in [6.45, 7) is 5.72. The van der Waals surface area contributed by atoms with Crippen molar-refractivity contribution in [3.63, 3.8) is 0 Å². The summed E-state index contributed by atoms with van der Waals surface area (Å²) in [5, 5.41) is 0. The molecule has 1 aromatic carbocycles. The zero-order valence-electron chi connectivity index (χ0n) is 12.8. The molecule has 2 rings (SSSR count). The molecule has 1 fully saturated rings. The summed E-state index contributed by atoms with van der Waals surface area (Å²) in [6.07, 6.45) is 2.76. The molecule has 1 aromatic rings. The van der Waals surface area contributed by atoms with Gasteiger partial charge in [-0.05, 0) is 49.9 Å². The molecule has 21 heavy (non-hydrogen) atoms. The third-order valence-electron chi connectivity index (χ3n) is 4.03. The standard InChI is InChI=1S/C16H24N2OS.ClH/c1-12-5-6-15(10-13(12)2)20-9-7-16(19)18-8-3-4-14(18)11-17;/h5-6,10,14H,3-4,7-9,11,17H2,1-2H3;1H. The van der Waals surface area contributed by atoms with Crippen LogP contribution in [0.3, 0.4) is 0 Å². The predicted molar refractivity (Wildman–Crippen MR) is 92.3 cm³/mol. The number of rotatable bonds is 5. The van der Waals surface area contributed by atoms with Gasteiger partial charge in [-0.3, -0.25) is 4.79 Å². The number of likely N-dealkylation sites (tertiary alicyclic amines) is 1. The topological polar surface area (TPSA) is 46.3 Å². The van der Waals surface area contributed by atoms with Crippen LogP contribution in [0.15, 0.2) is 23.1 Å². The Hall–Kier alpha value is -0.710. The number of amides is 1. The number of halogens is 1. The summed E-state index contributed by atoms with van der Waals surface area (Å²) in [7, 11) is 0. The average Bonchev–Trinajstić information content (AvgIpc) is 2.91. The van der Waals surface area contributed by atoms with Crippen LogP contribution in [-0.2, 0) is 4.79 Å². The Bertz CT molecular complexity index is 481. The van der Waals surface area contributed by atoms with E-state index in [1.165, 1.54) is 16.0 Å². The van der Waals surface area contributed by atoms with E-state index in [0.717, 1.165) is 25.1 Å². The van der Waals surface area contributed by atoms with E-state index in [4.69, 9.17) is 5.73 Å². The highest BCUT2D eigenvalue weighted by Crippen LogP contribution is 2.23. The number of benzene rings is 1. The Morgan fingerprint density at radius 1 is 1.38 bits per heavy atom. The van der Waals surface area contributed by atoms with Gasteiger partial charge in [-0.15, -0.1) is 24.2 Å². The van der Waals surface area contributed by atoms with Crippen molar-refractivity contribution in [2.45, 2.75) is 44.0 Å². The first-order valence-electron chi connectivity index (χ1n) is 7.31. The van der Waals surface area contributed by atoms with Crippen LogP contribution in [0, 0.1) is 13.8 Å². The van der Waals surface area contributed by atoms with E-state index >= 15 is 0 Å². The van der Waals surface area contributed by atoms with Crippen LogP contribution in [-0.4, -0.2) is 35.7 Å². The molecule has 118 valence electrons. The average molecular weight is 329 g/mol. The number of aryl methyl sites for hydroxylation is 2. The maximum absolute atomic E-state index is 12.2. The Morgan fingerprint density at radius 3 is 2.81 bits per heavy atom. The Kier molecular flexibility index (Phi) is 7.57. The zero-order valence-corrected chi connectivity index (χ0v) is 14.4. The number of hydrogen-bond donors (Lipinski definition) is 1. The van der Waals surface area contributed by atoms with E-state index in [1.807, 2.05) is 4.90 Å². The number of nitrogens with two attached hydrogens (primary N) is 1. The molecule has 0 aliphatic carbocycles. The lowest BCUT2D eigenvalue weighted by atomic mass is 10.1. The molecule has 0 bridgehead atoms. The normalized spacial score (nSPS) is 17.7. The minimum absolute atomic E-state index is 0. The first-order chi connectivity index (χ1) is 9.61. The van der Waals surface area contributed by atoms with Crippen LogP contribution in [0.2, 0.25) is 0 Å². The van der Waals surface area contributed by atoms with E-state index in [2.05, 4.69) is 32.0 Å². The van der Waals surface area contributed by atoms with E-state index < -0.39 is 0 Å². The minimum atomic E-state index is 0. The van der Waals surface area contributed by atoms with Crippen molar-refractivity contribution in [1.29, 1.82) is 0 Å². The van der Waals surface area contributed by atoms with Gasteiger partial charge in [-0.2, -0.15) is 0 Å². The molecule has 3 nitrogen and oxygen atoms in total. The minimum Gasteiger partial charge on any atom is -0.338 e. The number of hydrogen-bond acceptors (Lipinski definition) is 3. The van der Waals surface area contributed by atoms with Gasteiger partial charge in [0.1, 0.15) is 0 Å². The Labute approximate surface area is 138 Å². The van der Waals surface area contributed by atoms with Crippen molar-refractivity contribution in [1.82, 2.24) is 4.90 Å². The Morgan fingerprint density at radius 2 is 2.14 bits per heavy atom. The van der Waals surface area contributed by atoms with Crippen LogP contribution in [0.1, 0.15) is 30.4 Å². The SMILES string of the molecule is Cc1ccc(SCCC(=O)N2CCCC2CN)cc1C.Cl. The maximum atomic E-state index is 12.2. The van der Waals surface area contributed by atoms with Crippen LogP contribution in [0.5, 0.6) is 0 Å². The highest BCUT2D eigenvalue weighted by molar-refractivity contribution is 7.99. The number of thioether (sulfide) groups is 1. The van der Waals surface area contributed by atoms with Crippen molar-refractivity contribution in [2.24, 2.45) is 5.73 Å². The summed E-state index contributed by atoms with van der Waals surface area (Å²) in [4.78, 5) is 15.4. The maximum Gasteiger partial charge on any atom is 0.223 e. The molecule has 0 spiro atoms. The Balaban J connectivity index is 0.00000220. The largest absolute Gasteiger partial charge is 0.338 e. The number of carbonyl (C=O) groups excluding carboxylic acids is 1. The highest BCUT2D eigenvalue weighted by Gasteiger charge is 2.26. The summed E-state index contributed by atoms with van der Waals surface area (Å²) in [5.74, 6) is 1.10. The molecule has 5 heteroatoms. The first-order valence-corrected chi connectivity index (χ1v) is 8.30. The smallest absolute Gasteiger partial charge is 0.223 e. The molecule has 1 saturated heterocycles. The molecule has 1 atom stereocenters. The third-order valence-corrected chi connectivity index (χ3v) is 5.03. The van der Waals surface area contributed by atoms with Gasteiger partial charge in [0.15, 0.2) is 0 Å². The van der Waals surface area contributed by atoms with Gasteiger partial charge in [0.2, 0.25) is 5.91 Å². The summed E-state index contributed by atoms with van der Waals surface area (Å²) in [6, 6.07) is 6.75. The molecular formula is C16H25ClN2OS. The van der Waals surface area contributed by atoms with Crippen molar-refractivity contribution in [2.75, 3.05) is 18.8 Å². The van der Waals surface area contributed by atoms with E-state index in [9.17, 15) is 4.79 Å². The molecule has 1 unspecified atom stereocenters. The lowest BCUT2D eigenvalue weighted by Gasteiger charge is -2.23. The fraction of sp³-hybridized carbons (Fsp3) is 0.562. The molecule has 1 amide bonds. The van der Waals surface area contributed by atoms with E-state index in [0.29, 0.717) is 13.0 Å². The molecule has 1 aliphatic heterocycles. The van der Waals surface area contributed by atoms with Gasteiger partial charge < -0.3 is 10.6 Å². The van der Waals surface area contributed by atoms with Gasteiger partial charge in [0, 0.05) is 36.2 Å². The van der Waals surface area contributed by atoms with Gasteiger partial charge in [0.05, 0.1) is 0 Å². The van der Waals surface area contributed by atoms with Crippen molar-refractivity contribution in [3.05, 3.63) is 29.3 Å². The van der Waals surface area contributed by atoms with Gasteiger partial charge in [-0.1, -0.05) is 6.07 Å². The number of nitrogens with zero attached hydrogens (tertiary/aromatic N) is 1. The molecular weight excluding hydrogens is 304 g/mol. The number of carbonyl (C=O) groups is 1. The second-order valence-corrected chi connectivity index (χ2v) is 6.63. The van der Waals surface area contributed by atoms with Gasteiger partial charge in [0.25, 0.3) is 0 Å². The van der Waals surface area contributed by atoms with Gasteiger partial charge >= 0.3 is 0 Å². The zero-order chi connectivity index (χ0) is 14.5. The van der Waals surface area contributed by atoms with E-state index in [1.54, 1.807) is 11.8 Å². The summed E-state index contributed by atoms with van der Waals surface area (Å²) >= 11 is 1.76. The van der Waals surface area contributed by atoms with Crippen LogP contribution >= 0.6 is 24.2 Å². The second-order valence-electron chi connectivity index (χ2n) is 5.46. The van der Waals surface area contributed by atoms with E-state index in [-0.39, 0.29) is 24.4 Å². The van der Waals surface area contributed by atoms with Crippen molar-refractivity contribution in [3.8, 4) is 0 Å². The quantitative estimate of drug-likeness (QED) is 0.844. The lowest BCUT2D eigenvalue weighted by molar-refractivity contribution is -0.131. The second kappa shape index (κ2) is 8.66.